The summed E-state index contributed by atoms with van der Waals surface area (Å²) in [6, 6.07) is 6.94. The minimum Gasteiger partial charge on any atom is -0.462 e. The van der Waals surface area contributed by atoms with Gasteiger partial charge in [0.15, 0.2) is 0 Å². The van der Waals surface area contributed by atoms with Crippen LogP contribution in [0.25, 0.3) is 0 Å². The lowest BCUT2D eigenvalue weighted by Gasteiger charge is -2.12. The molecule has 0 bridgehead atoms. The van der Waals surface area contributed by atoms with Crippen molar-refractivity contribution in [1.29, 1.82) is 0 Å². The maximum absolute atomic E-state index is 11.7. The number of carbonyl (C=O) groups is 1. The molecule has 0 unspecified atom stereocenters. The number of carbonyl (C=O) groups excluding carboxylic acids is 1. The van der Waals surface area contributed by atoms with Crippen LogP contribution in [0.4, 0.5) is 0 Å². The van der Waals surface area contributed by atoms with Crippen LogP contribution in [0.2, 0.25) is 5.02 Å². The van der Waals surface area contributed by atoms with Crippen LogP contribution in [-0.2, 0) is 4.74 Å². The van der Waals surface area contributed by atoms with Crippen molar-refractivity contribution in [1.82, 2.24) is 0 Å². The third kappa shape index (κ3) is 3.53. The lowest BCUT2D eigenvalue weighted by molar-refractivity contribution is 0.0433. The van der Waals surface area contributed by atoms with Gasteiger partial charge in [-0.15, -0.1) is 0 Å². The minimum absolute atomic E-state index is 0.336. The zero-order chi connectivity index (χ0) is 12.0. The molecule has 0 aliphatic heterocycles. The molecule has 0 saturated heterocycles. The molecule has 0 aliphatic rings. The Morgan fingerprint density at radius 1 is 1.31 bits per heavy atom. The molecule has 0 fully saturated rings. The fourth-order valence-electron chi connectivity index (χ4n) is 1.42. The highest BCUT2D eigenvalue weighted by Crippen LogP contribution is 2.17. The molecule has 0 radical (unpaired) electrons. The molecule has 0 saturated carbocycles. The summed E-state index contributed by atoms with van der Waals surface area (Å²) in [5.74, 6) is 0.101. The summed E-state index contributed by atoms with van der Waals surface area (Å²) < 4.78 is 5.23. The Kier molecular flexibility index (Phi) is 5.33. The first-order chi connectivity index (χ1) is 7.69. The average molecular weight is 241 g/mol. The number of ether oxygens (including phenoxy) is 1. The molecule has 0 amide bonds. The Morgan fingerprint density at radius 2 is 1.94 bits per heavy atom. The molecule has 0 aromatic heterocycles. The standard InChI is InChI=1S/C13H17ClO2/c1-3-10(4-2)9-16-13(15)11-7-5-6-8-12(11)14/h5-8,10H,3-4,9H2,1-2H3. The van der Waals surface area contributed by atoms with E-state index in [4.69, 9.17) is 16.3 Å². The van der Waals surface area contributed by atoms with Crippen molar-refractivity contribution in [3.63, 3.8) is 0 Å². The van der Waals surface area contributed by atoms with Crippen LogP contribution >= 0.6 is 11.6 Å². The van der Waals surface area contributed by atoms with Crippen molar-refractivity contribution in [3.05, 3.63) is 34.9 Å². The van der Waals surface area contributed by atoms with Crippen LogP contribution < -0.4 is 0 Å². The predicted octanol–water partition coefficient (Wildman–Crippen LogP) is 3.93. The lowest BCUT2D eigenvalue weighted by Crippen LogP contribution is -2.13. The van der Waals surface area contributed by atoms with Gasteiger partial charge in [0.1, 0.15) is 0 Å². The van der Waals surface area contributed by atoms with Crippen LogP contribution in [0, 0.1) is 5.92 Å². The Morgan fingerprint density at radius 3 is 2.50 bits per heavy atom. The van der Waals surface area contributed by atoms with Gasteiger partial charge in [-0.05, 0) is 18.1 Å². The average Bonchev–Trinajstić information content (AvgIpc) is 2.30. The molecule has 0 atom stereocenters. The topological polar surface area (TPSA) is 26.3 Å². The highest BCUT2D eigenvalue weighted by molar-refractivity contribution is 6.33. The molecule has 1 aromatic rings. The maximum Gasteiger partial charge on any atom is 0.339 e. The Balaban J connectivity index is 2.56. The van der Waals surface area contributed by atoms with Crippen molar-refractivity contribution in [2.24, 2.45) is 5.92 Å². The monoisotopic (exact) mass is 240 g/mol. The zero-order valence-corrected chi connectivity index (χ0v) is 10.5. The minimum atomic E-state index is -0.336. The van der Waals surface area contributed by atoms with Crippen LogP contribution in [0.5, 0.6) is 0 Å². The van der Waals surface area contributed by atoms with Gasteiger partial charge in [0, 0.05) is 0 Å². The highest BCUT2D eigenvalue weighted by atomic mass is 35.5. The second kappa shape index (κ2) is 6.54. The third-order valence-corrected chi connectivity index (χ3v) is 3.03. The van der Waals surface area contributed by atoms with E-state index in [1.54, 1.807) is 24.3 Å². The molecular formula is C13H17ClO2. The maximum atomic E-state index is 11.7. The summed E-state index contributed by atoms with van der Waals surface area (Å²) in [6.07, 6.45) is 2.04. The second-order valence-corrected chi connectivity index (χ2v) is 4.17. The summed E-state index contributed by atoms with van der Waals surface area (Å²) in [7, 11) is 0. The predicted molar refractivity (Wildman–Crippen MR) is 65.8 cm³/mol. The molecule has 0 heterocycles. The Hall–Kier alpha value is -1.02. The number of benzene rings is 1. The van der Waals surface area contributed by atoms with Crippen molar-refractivity contribution in [2.45, 2.75) is 26.7 Å². The van der Waals surface area contributed by atoms with Gasteiger partial charge in [-0.25, -0.2) is 4.79 Å². The van der Waals surface area contributed by atoms with E-state index < -0.39 is 0 Å². The quantitative estimate of drug-likeness (QED) is 0.729. The van der Waals surface area contributed by atoms with Crippen LogP contribution in [0.3, 0.4) is 0 Å². The summed E-state index contributed by atoms with van der Waals surface area (Å²) in [5, 5.41) is 0.442. The molecule has 16 heavy (non-hydrogen) atoms. The normalized spacial score (nSPS) is 10.5. The van der Waals surface area contributed by atoms with Crippen molar-refractivity contribution >= 4 is 17.6 Å². The Labute approximate surface area is 102 Å². The van der Waals surface area contributed by atoms with E-state index in [0.29, 0.717) is 23.1 Å². The fraction of sp³-hybridized carbons (Fsp3) is 0.462. The van der Waals surface area contributed by atoms with Gasteiger partial charge in [-0.3, -0.25) is 0 Å². The molecule has 0 N–H and O–H groups in total. The van der Waals surface area contributed by atoms with E-state index >= 15 is 0 Å². The summed E-state index contributed by atoms with van der Waals surface area (Å²) >= 11 is 5.90. The second-order valence-electron chi connectivity index (χ2n) is 3.76. The van der Waals surface area contributed by atoms with E-state index in [-0.39, 0.29) is 5.97 Å². The van der Waals surface area contributed by atoms with Gasteiger partial charge >= 0.3 is 5.97 Å². The molecular weight excluding hydrogens is 224 g/mol. The number of hydrogen-bond acceptors (Lipinski definition) is 2. The zero-order valence-electron chi connectivity index (χ0n) is 9.70. The lowest BCUT2D eigenvalue weighted by atomic mass is 10.1. The van der Waals surface area contributed by atoms with Crippen molar-refractivity contribution in [2.75, 3.05) is 6.61 Å². The van der Waals surface area contributed by atoms with E-state index in [2.05, 4.69) is 13.8 Å². The van der Waals surface area contributed by atoms with E-state index in [9.17, 15) is 4.79 Å². The van der Waals surface area contributed by atoms with Gasteiger partial charge < -0.3 is 4.74 Å². The molecule has 88 valence electrons. The van der Waals surface area contributed by atoms with Gasteiger partial charge in [0.05, 0.1) is 17.2 Å². The van der Waals surface area contributed by atoms with E-state index in [1.165, 1.54) is 0 Å². The van der Waals surface area contributed by atoms with Gasteiger partial charge in [0.2, 0.25) is 0 Å². The van der Waals surface area contributed by atoms with Crippen molar-refractivity contribution in [3.8, 4) is 0 Å². The summed E-state index contributed by atoms with van der Waals surface area (Å²) in [5.41, 5.74) is 0.440. The first-order valence-corrected chi connectivity index (χ1v) is 5.98. The van der Waals surface area contributed by atoms with Crippen LogP contribution in [-0.4, -0.2) is 12.6 Å². The molecule has 0 spiro atoms. The van der Waals surface area contributed by atoms with Gasteiger partial charge in [-0.2, -0.15) is 0 Å². The van der Waals surface area contributed by atoms with Crippen molar-refractivity contribution < 1.29 is 9.53 Å². The molecule has 0 aliphatic carbocycles. The third-order valence-electron chi connectivity index (χ3n) is 2.70. The number of halogens is 1. The fourth-order valence-corrected chi connectivity index (χ4v) is 1.64. The summed E-state index contributed by atoms with van der Waals surface area (Å²) in [6.45, 7) is 4.66. The number of rotatable bonds is 5. The molecule has 3 heteroatoms. The van der Waals surface area contributed by atoms with E-state index in [1.807, 2.05) is 0 Å². The molecule has 2 nitrogen and oxygen atoms in total. The smallest absolute Gasteiger partial charge is 0.339 e. The first kappa shape index (κ1) is 13.0. The number of hydrogen-bond donors (Lipinski definition) is 0. The van der Waals surface area contributed by atoms with Gasteiger partial charge in [0.25, 0.3) is 0 Å². The molecule has 1 aromatic carbocycles. The first-order valence-electron chi connectivity index (χ1n) is 5.60. The SMILES string of the molecule is CCC(CC)COC(=O)c1ccccc1Cl. The summed E-state index contributed by atoms with van der Waals surface area (Å²) in [4.78, 5) is 11.7. The van der Waals surface area contributed by atoms with Crippen LogP contribution in [0.15, 0.2) is 24.3 Å². The number of esters is 1. The highest BCUT2D eigenvalue weighted by Gasteiger charge is 2.13. The largest absolute Gasteiger partial charge is 0.462 e. The Bertz CT molecular complexity index is 346. The van der Waals surface area contributed by atoms with Gasteiger partial charge in [-0.1, -0.05) is 50.4 Å². The van der Waals surface area contributed by atoms with Crippen LogP contribution in [0.1, 0.15) is 37.0 Å². The van der Waals surface area contributed by atoms with E-state index in [0.717, 1.165) is 12.8 Å². The molecule has 1 rings (SSSR count).